The molecule has 0 bridgehead atoms. The van der Waals surface area contributed by atoms with Crippen LogP contribution < -0.4 is 26.4 Å². The quantitative estimate of drug-likeness (QED) is 0.473. The van der Waals surface area contributed by atoms with Crippen LogP contribution in [0.5, 0.6) is 0 Å². The largest absolute Gasteiger partial charge is 0.418 e. The number of benzene rings is 2. The number of hydrogen-bond acceptors (Lipinski definition) is 6. The number of fused-ring (bicyclic) bond motifs is 1. The van der Waals surface area contributed by atoms with Crippen LogP contribution in [-0.4, -0.2) is 53.8 Å². The van der Waals surface area contributed by atoms with E-state index in [-0.39, 0.29) is 24.2 Å². The molecule has 216 valence electrons. The summed E-state index contributed by atoms with van der Waals surface area (Å²) in [6.45, 7) is 6.22. The summed E-state index contributed by atoms with van der Waals surface area (Å²) in [6.07, 6.45) is -3.75. The first kappa shape index (κ1) is 28.2. The van der Waals surface area contributed by atoms with Gasteiger partial charge in [-0.1, -0.05) is 17.2 Å². The van der Waals surface area contributed by atoms with Gasteiger partial charge in [0.15, 0.2) is 0 Å². The second-order valence-corrected chi connectivity index (χ2v) is 10.7. The number of aryl methyl sites for hydroxylation is 2. The number of nitrogens with zero attached hydrogens (tertiary/aromatic N) is 4. The number of carbonyl (C=O) groups is 2. The third-order valence-corrected chi connectivity index (χ3v) is 7.43. The molecule has 2 aliphatic heterocycles. The second kappa shape index (κ2) is 10.6. The number of nitrogens with one attached hydrogen (secondary N) is 1. The summed E-state index contributed by atoms with van der Waals surface area (Å²) < 4.78 is 43.9. The molecule has 0 aliphatic carbocycles. The minimum Gasteiger partial charge on any atom is -0.369 e. The van der Waals surface area contributed by atoms with E-state index in [2.05, 4.69) is 10.4 Å². The zero-order valence-corrected chi connectivity index (χ0v) is 23.0. The number of primary amides is 1. The molecule has 1 aromatic heterocycles. The van der Waals surface area contributed by atoms with Gasteiger partial charge in [-0.05, 0) is 57.0 Å². The maximum Gasteiger partial charge on any atom is 0.418 e. The number of rotatable bonds is 6. The number of amides is 2. The van der Waals surface area contributed by atoms with Gasteiger partial charge in [-0.15, -0.1) is 0 Å². The summed E-state index contributed by atoms with van der Waals surface area (Å²) >= 11 is 0. The summed E-state index contributed by atoms with van der Waals surface area (Å²) in [5.41, 5.74) is 7.32. The molecule has 1 fully saturated rings. The van der Waals surface area contributed by atoms with Crippen LogP contribution in [0, 0.1) is 13.8 Å². The Bertz CT molecular complexity index is 1580. The number of halogens is 3. The van der Waals surface area contributed by atoms with Crippen LogP contribution in [-0.2, 0) is 22.2 Å². The van der Waals surface area contributed by atoms with E-state index >= 15 is 0 Å². The van der Waals surface area contributed by atoms with E-state index in [1.165, 1.54) is 24.0 Å². The van der Waals surface area contributed by atoms with Crippen LogP contribution in [0.4, 0.5) is 24.5 Å². The lowest BCUT2D eigenvalue weighted by atomic mass is 10.0. The first-order chi connectivity index (χ1) is 19.3. The summed E-state index contributed by atoms with van der Waals surface area (Å²) in [5.74, 6) is -0.840. The van der Waals surface area contributed by atoms with Crippen LogP contribution in [0.15, 0.2) is 41.2 Å². The van der Waals surface area contributed by atoms with Crippen LogP contribution >= 0.6 is 0 Å². The van der Waals surface area contributed by atoms with Gasteiger partial charge in [0.1, 0.15) is 5.69 Å². The minimum atomic E-state index is -4.77. The zero-order valence-electron chi connectivity index (χ0n) is 23.0. The zero-order chi connectivity index (χ0) is 29.6. The summed E-state index contributed by atoms with van der Waals surface area (Å²) in [6, 6.07) is 9.20. The lowest BCUT2D eigenvalue weighted by molar-refractivity contribution is -0.137. The minimum absolute atomic E-state index is 0.124. The van der Waals surface area contributed by atoms with Gasteiger partial charge in [-0.2, -0.15) is 23.0 Å². The van der Waals surface area contributed by atoms with Crippen molar-refractivity contribution in [3.8, 4) is 16.9 Å². The molecule has 0 radical (unpaired) electrons. The van der Waals surface area contributed by atoms with Crippen molar-refractivity contribution in [2.24, 2.45) is 5.73 Å². The molecular weight excluding hydrogens is 537 g/mol. The van der Waals surface area contributed by atoms with Gasteiger partial charge >= 0.3 is 6.18 Å². The molecule has 3 aromatic rings. The van der Waals surface area contributed by atoms with Gasteiger partial charge in [-0.25, -0.2) is 0 Å². The van der Waals surface area contributed by atoms with E-state index in [9.17, 15) is 27.6 Å². The fourth-order valence-corrected chi connectivity index (χ4v) is 5.85. The highest BCUT2D eigenvalue weighted by Crippen LogP contribution is 2.38. The topological polar surface area (TPSA) is 114 Å². The monoisotopic (exact) mass is 568 g/mol. The molecule has 2 aromatic carbocycles. The van der Waals surface area contributed by atoms with Crippen molar-refractivity contribution in [3.05, 3.63) is 69.0 Å². The maximum absolute atomic E-state index is 14.4. The van der Waals surface area contributed by atoms with Gasteiger partial charge in [0.25, 0.3) is 5.56 Å². The Labute approximate surface area is 234 Å². The number of alkyl halides is 3. The molecule has 0 saturated carbocycles. The third-order valence-electron chi connectivity index (χ3n) is 7.43. The van der Waals surface area contributed by atoms with E-state index in [0.29, 0.717) is 55.0 Å². The Morgan fingerprint density at radius 2 is 1.80 bits per heavy atom. The Morgan fingerprint density at radius 1 is 1.10 bits per heavy atom. The standard InChI is InChI=1S/C29H31F3N6O3/c1-16-10-17(2)12-19(11-16)26-22-7-9-37(15-25(33)40)27(22)28(41)38(35-26)24-13-21(4-5-23(24)29(30,31)32)36-8-6-20(14-36)34-18(3)39/h4-5,10-13,20H,6-9,14-15H2,1-3H3,(H2,33,40)(H,34,39)/t20-/m1/s1. The van der Waals surface area contributed by atoms with Gasteiger partial charge in [0.05, 0.1) is 23.5 Å². The lowest BCUT2D eigenvalue weighted by Crippen LogP contribution is -2.37. The van der Waals surface area contributed by atoms with Crippen molar-refractivity contribution in [3.63, 3.8) is 0 Å². The van der Waals surface area contributed by atoms with Crippen molar-refractivity contribution < 1.29 is 22.8 Å². The molecule has 9 nitrogen and oxygen atoms in total. The van der Waals surface area contributed by atoms with E-state index in [0.717, 1.165) is 21.9 Å². The van der Waals surface area contributed by atoms with Crippen LogP contribution in [0.3, 0.4) is 0 Å². The Hall–Kier alpha value is -4.35. The highest BCUT2D eigenvalue weighted by atomic mass is 19.4. The van der Waals surface area contributed by atoms with E-state index in [1.807, 2.05) is 36.9 Å². The summed E-state index contributed by atoms with van der Waals surface area (Å²) in [7, 11) is 0. The number of aromatic nitrogens is 2. The van der Waals surface area contributed by atoms with Crippen LogP contribution in [0.25, 0.3) is 16.9 Å². The molecule has 41 heavy (non-hydrogen) atoms. The van der Waals surface area contributed by atoms with Gasteiger partial charge in [0.2, 0.25) is 11.8 Å². The normalized spacial score (nSPS) is 16.7. The van der Waals surface area contributed by atoms with E-state index < -0.39 is 28.9 Å². The average molecular weight is 569 g/mol. The second-order valence-electron chi connectivity index (χ2n) is 10.7. The molecule has 1 atom stereocenters. The highest BCUT2D eigenvalue weighted by Gasteiger charge is 2.37. The predicted molar refractivity (Wildman–Crippen MR) is 149 cm³/mol. The first-order valence-electron chi connectivity index (χ1n) is 13.3. The molecule has 5 rings (SSSR count). The summed E-state index contributed by atoms with van der Waals surface area (Å²) in [5, 5.41) is 7.41. The fraction of sp³-hybridized carbons (Fsp3) is 0.379. The van der Waals surface area contributed by atoms with Crippen LogP contribution in [0.1, 0.15) is 35.6 Å². The van der Waals surface area contributed by atoms with Gasteiger partial charge < -0.3 is 20.9 Å². The number of hydrogen-bond donors (Lipinski definition) is 2. The van der Waals surface area contributed by atoms with Crippen molar-refractivity contribution in [1.29, 1.82) is 0 Å². The first-order valence-corrected chi connectivity index (χ1v) is 13.3. The number of anilines is 2. The van der Waals surface area contributed by atoms with E-state index in [4.69, 9.17) is 5.73 Å². The molecule has 2 aliphatic rings. The number of nitrogens with two attached hydrogens (primary N) is 1. The van der Waals surface area contributed by atoms with Crippen molar-refractivity contribution in [2.45, 2.75) is 45.8 Å². The van der Waals surface area contributed by atoms with E-state index in [1.54, 1.807) is 0 Å². The highest BCUT2D eigenvalue weighted by molar-refractivity contribution is 5.82. The van der Waals surface area contributed by atoms with Crippen molar-refractivity contribution in [1.82, 2.24) is 15.1 Å². The molecule has 12 heteroatoms. The SMILES string of the molecule is CC(=O)N[C@@H]1CCN(c2ccc(C(F)(F)F)c(-n3nc(-c4cc(C)cc(C)c4)c4c(c3=O)N(CC(N)=O)CC4)c2)C1. The van der Waals surface area contributed by atoms with Gasteiger partial charge in [0, 0.05) is 49.4 Å². The third kappa shape index (κ3) is 5.63. The number of carbonyl (C=O) groups excluding carboxylic acids is 2. The molecular formula is C29H31F3N6O3. The van der Waals surface area contributed by atoms with Crippen molar-refractivity contribution in [2.75, 3.05) is 36.0 Å². The predicted octanol–water partition coefficient (Wildman–Crippen LogP) is 3.10. The summed E-state index contributed by atoms with van der Waals surface area (Å²) in [4.78, 5) is 40.7. The average Bonchev–Trinajstić information content (AvgIpc) is 3.50. The molecule has 3 N–H and O–H groups in total. The molecule has 0 unspecified atom stereocenters. The van der Waals surface area contributed by atoms with Crippen LogP contribution in [0.2, 0.25) is 0 Å². The molecule has 2 amide bonds. The Balaban J connectivity index is 1.73. The Kier molecular flexibility index (Phi) is 7.26. The van der Waals surface area contributed by atoms with Crippen molar-refractivity contribution >= 4 is 23.2 Å². The maximum atomic E-state index is 14.4. The Morgan fingerprint density at radius 3 is 2.44 bits per heavy atom. The smallest absolute Gasteiger partial charge is 0.369 e. The lowest BCUT2D eigenvalue weighted by Gasteiger charge is -2.23. The molecule has 0 spiro atoms. The fourth-order valence-electron chi connectivity index (χ4n) is 5.85. The molecule has 3 heterocycles. The molecule has 1 saturated heterocycles. The van der Waals surface area contributed by atoms with Gasteiger partial charge in [-0.3, -0.25) is 14.4 Å².